The Morgan fingerprint density at radius 3 is 1.73 bits per heavy atom. The molecule has 0 aromatic heterocycles. The summed E-state index contributed by atoms with van der Waals surface area (Å²) in [6.07, 6.45) is 10.7. The second-order valence-corrected chi connectivity index (χ2v) is 5.16. The van der Waals surface area contributed by atoms with Crippen LogP contribution in [-0.2, 0) is 0 Å². The van der Waals surface area contributed by atoms with Crippen LogP contribution in [0.4, 0.5) is 0 Å². The summed E-state index contributed by atoms with van der Waals surface area (Å²) in [4.78, 5) is 0. The Morgan fingerprint density at radius 2 is 1.36 bits per heavy atom. The van der Waals surface area contributed by atoms with Gasteiger partial charge in [-0.15, -0.1) is 30.3 Å². The molecule has 0 fully saturated rings. The van der Waals surface area contributed by atoms with Crippen molar-refractivity contribution in [3.63, 3.8) is 0 Å². The zero-order valence-corrected chi connectivity index (χ0v) is 9.10. The van der Waals surface area contributed by atoms with Crippen LogP contribution < -0.4 is 0 Å². The summed E-state index contributed by atoms with van der Waals surface area (Å²) >= 11 is 0. The SMILES string of the molecule is C=CCPCCCPCC=C. The molecule has 64 valence electrons. The highest BCUT2D eigenvalue weighted by Crippen LogP contribution is 2.16. The smallest absolute Gasteiger partial charge is 0.0175 e. The third kappa shape index (κ3) is 10.3. The predicted molar refractivity (Wildman–Crippen MR) is 61.1 cm³/mol. The first kappa shape index (κ1) is 11.3. The quantitative estimate of drug-likeness (QED) is 0.312. The molecule has 0 aromatic carbocycles. The molecule has 2 heteroatoms. The van der Waals surface area contributed by atoms with Crippen molar-refractivity contribution in [3.8, 4) is 0 Å². The molecule has 0 heterocycles. The molecule has 0 N–H and O–H groups in total. The summed E-state index contributed by atoms with van der Waals surface area (Å²) in [6, 6.07) is 0. The molecule has 0 aliphatic heterocycles. The van der Waals surface area contributed by atoms with Gasteiger partial charge < -0.3 is 0 Å². The third-order valence-corrected chi connectivity index (χ3v) is 3.85. The van der Waals surface area contributed by atoms with E-state index in [4.69, 9.17) is 0 Å². The summed E-state index contributed by atoms with van der Waals surface area (Å²) in [6.45, 7) is 7.41. The molecule has 2 atom stereocenters. The molecular formula is C9H18P2. The van der Waals surface area contributed by atoms with E-state index in [1.165, 1.54) is 31.1 Å². The van der Waals surface area contributed by atoms with Crippen LogP contribution in [0, 0.1) is 0 Å². The molecule has 0 saturated heterocycles. The van der Waals surface area contributed by atoms with Gasteiger partial charge in [-0.05, 0) is 31.1 Å². The van der Waals surface area contributed by atoms with Gasteiger partial charge in [-0.3, -0.25) is 0 Å². The molecule has 0 aliphatic rings. The average Bonchev–Trinajstić information content (AvgIpc) is 2.03. The van der Waals surface area contributed by atoms with Gasteiger partial charge in [0.15, 0.2) is 0 Å². The third-order valence-electron chi connectivity index (χ3n) is 1.28. The van der Waals surface area contributed by atoms with Crippen LogP contribution in [0.2, 0.25) is 0 Å². The van der Waals surface area contributed by atoms with Crippen LogP contribution in [0.15, 0.2) is 25.3 Å². The molecule has 0 bridgehead atoms. The van der Waals surface area contributed by atoms with E-state index in [9.17, 15) is 0 Å². The maximum atomic E-state index is 3.70. The predicted octanol–water partition coefficient (Wildman–Crippen LogP) is 3.11. The highest BCUT2D eigenvalue weighted by atomic mass is 31.1. The van der Waals surface area contributed by atoms with Gasteiger partial charge in [0, 0.05) is 0 Å². The molecule has 0 nitrogen and oxygen atoms in total. The van der Waals surface area contributed by atoms with Crippen molar-refractivity contribution in [2.45, 2.75) is 6.42 Å². The first-order chi connectivity index (χ1) is 5.41. The molecular weight excluding hydrogens is 170 g/mol. The molecule has 0 spiro atoms. The van der Waals surface area contributed by atoms with Crippen molar-refractivity contribution >= 4 is 17.2 Å². The second kappa shape index (κ2) is 10.3. The standard InChI is InChI=1S/C9H18P2/c1-3-6-10-8-5-9-11-7-4-2/h3-4,10-11H,1-2,5-9H2. The molecule has 0 amide bonds. The van der Waals surface area contributed by atoms with Crippen molar-refractivity contribution in [2.24, 2.45) is 0 Å². The largest absolute Gasteiger partial charge is 0.118 e. The Hall–Kier alpha value is 0.340. The number of allylic oxidation sites excluding steroid dienone is 2. The number of rotatable bonds is 8. The van der Waals surface area contributed by atoms with E-state index in [1.54, 1.807) is 0 Å². The Kier molecular flexibility index (Phi) is 10.7. The zero-order chi connectivity index (χ0) is 8.36. The van der Waals surface area contributed by atoms with Crippen molar-refractivity contribution in [3.05, 3.63) is 25.3 Å². The monoisotopic (exact) mass is 188 g/mol. The molecule has 2 unspecified atom stereocenters. The average molecular weight is 188 g/mol. The molecule has 0 rings (SSSR count). The lowest BCUT2D eigenvalue weighted by Crippen LogP contribution is -1.81. The Labute approximate surface area is 74.1 Å². The van der Waals surface area contributed by atoms with E-state index in [0.717, 1.165) is 17.2 Å². The lowest BCUT2D eigenvalue weighted by molar-refractivity contribution is 1.11. The van der Waals surface area contributed by atoms with E-state index in [0.29, 0.717) is 0 Å². The highest BCUT2D eigenvalue weighted by molar-refractivity contribution is 7.39. The second-order valence-electron chi connectivity index (χ2n) is 2.34. The molecule has 0 radical (unpaired) electrons. The summed E-state index contributed by atoms with van der Waals surface area (Å²) in [5, 5.41) is 0. The van der Waals surface area contributed by atoms with Crippen LogP contribution in [0.1, 0.15) is 6.42 Å². The van der Waals surface area contributed by atoms with E-state index in [1.807, 2.05) is 12.2 Å². The van der Waals surface area contributed by atoms with Crippen LogP contribution in [-0.4, -0.2) is 24.6 Å². The van der Waals surface area contributed by atoms with Gasteiger partial charge in [0.05, 0.1) is 0 Å². The summed E-state index contributed by atoms with van der Waals surface area (Å²) in [5.41, 5.74) is 0. The minimum Gasteiger partial charge on any atom is -0.118 e. The summed E-state index contributed by atoms with van der Waals surface area (Å²) < 4.78 is 0. The van der Waals surface area contributed by atoms with Gasteiger partial charge >= 0.3 is 0 Å². The minimum absolute atomic E-state index is 1.10. The fourth-order valence-electron chi connectivity index (χ4n) is 0.747. The van der Waals surface area contributed by atoms with Gasteiger partial charge in [0.25, 0.3) is 0 Å². The van der Waals surface area contributed by atoms with Crippen LogP contribution in [0.5, 0.6) is 0 Å². The first-order valence-electron chi connectivity index (χ1n) is 4.05. The van der Waals surface area contributed by atoms with Gasteiger partial charge in [-0.25, -0.2) is 0 Å². The van der Waals surface area contributed by atoms with Gasteiger partial charge in [0.1, 0.15) is 0 Å². The van der Waals surface area contributed by atoms with E-state index in [2.05, 4.69) is 13.2 Å². The van der Waals surface area contributed by atoms with Crippen LogP contribution >= 0.6 is 17.2 Å². The van der Waals surface area contributed by atoms with Gasteiger partial charge in [-0.2, -0.15) is 0 Å². The van der Waals surface area contributed by atoms with Crippen molar-refractivity contribution in [1.29, 1.82) is 0 Å². The van der Waals surface area contributed by atoms with E-state index >= 15 is 0 Å². The lowest BCUT2D eigenvalue weighted by Gasteiger charge is -1.97. The zero-order valence-electron chi connectivity index (χ0n) is 7.10. The van der Waals surface area contributed by atoms with Crippen molar-refractivity contribution < 1.29 is 0 Å². The van der Waals surface area contributed by atoms with Crippen molar-refractivity contribution in [2.75, 3.05) is 24.6 Å². The fourth-order valence-corrected chi connectivity index (χ4v) is 2.77. The van der Waals surface area contributed by atoms with Gasteiger partial charge in [-0.1, -0.05) is 12.2 Å². The summed E-state index contributed by atoms with van der Waals surface area (Å²) in [5.74, 6) is 0. The minimum atomic E-state index is 1.10. The molecule has 0 aromatic rings. The Morgan fingerprint density at radius 1 is 0.909 bits per heavy atom. The lowest BCUT2D eigenvalue weighted by atomic mass is 10.6. The number of hydrogen-bond donors (Lipinski definition) is 0. The fraction of sp³-hybridized carbons (Fsp3) is 0.556. The maximum Gasteiger partial charge on any atom is -0.0175 e. The first-order valence-corrected chi connectivity index (χ1v) is 6.88. The number of hydrogen-bond acceptors (Lipinski definition) is 0. The van der Waals surface area contributed by atoms with E-state index < -0.39 is 0 Å². The highest BCUT2D eigenvalue weighted by Gasteiger charge is 1.86. The molecule has 11 heavy (non-hydrogen) atoms. The van der Waals surface area contributed by atoms with Gasteiger partial charge in [0.2, 0.25) is 0 Å². The summed E-state index contributed by atoms with van der Waals surface area (Å²) in [7, 11) is 2.21. The topological polar surface area (TPSA) is 0 Å². The molecule has 0 aliphatic carbocycles. The normalized spacial score (nSPS) is 11.6. The van der Waals surface area contributed by atoms with Crippen molar-refractivity contribution in [1.82, 2.24) is 0 Å². The van der Waals surface area contributed by atoms with Crippen LogP contribution in [0.3, 0.4) is 0 Å². The van der Waals surface area contributed by atoms with Crippen LogP contribution in [0.25, 0.3) is 0 Å². The maximum absolute atomic E-state index is 3.70. The Balaban J connectivity index is 2.79. The molecule has 0 saturated carbocycles. The Bertz CT molecular complexity index is 87.7. The van der Waals surface area contributed by atoms with E-state index in [-0.39, 0.29) is 0 Å².